The molecule has 1 aromatic rings. The van der Waals surface area contributed by atoms with Crippen molar-refractivity contribution < 1.29 is 9.90 Å². The van der Waals surface area contributed by atoms with Gasteiger partial charge in [-0.1, -0.05) is 25.4 Å². The molecule has 5 heteroatoms. The number of hydrogen-bond acceptors (Lipinski definition) is 3. The number of hydrogen-bond donors (Lipinski definition) is 2. The molecule has 94 valence electrons. The number of halogens is 1. The number of aromatic nitrogens is 1. The third-order valence-corrected chi connectivity index (χ3v) is 2.90. The van der Waals surface area contributed by atoms with Gasteiger partial charge in [-0.2, -0.15) is 0 Å². The Morgan fingerprint density at radius 2 is 2.29 bits per heavy atom. The quantitative estimate of drug-likeness (QED) is 0.846. The van der Waals surface area contributed by atoms with E-state index in [1.807, 2.05) is 13.8 Å². The SMILES string of the molecule is CC(C)C(CCO)NC(=O)c1cnccc1Cl. The van der Waals surface area contributed by atoms with Crippen molar-refractivity contribution in [3.63, 3.8) is 0 Å². The molecule has 1 unspecified atom stereocenters. The van der Waals surface area contributed by atoms with E-state index in [9.17, 15) is 4.79 Å². The third kappa shape index (κ3) is 3.98. The molecule has 0 aliphatic carbocycles. The summed E-state index contributed by atoms with van der Waals surface area (Å²) in [6.07, 6.45) is 3.50. The van der Waals surface area contributed by atoms with Gasteiger partial charge in [0, 0.05) is 25.0 Å². The lowest BCUT2D eigenvalue weighted by atomic mass is 10.0. The van der Waals surface area contributed by atoms with Crippen LogP contribution in [0.5, 0.6) is 0 Å². The molecular weight excluding hydrogens is 240 g/mol. The Labute approximate surface area is 106 Å². The molecule has 4 nitrogen and oxygen atoms in total. The molecule has 1 heterocycles. The smallest absolute Gasteiger partial charge is 0.254 e. The average molecular weight is 257 g/mol. The summed E-state index contributed by atoms with van der Waals surface area (Å²) in [6, 6.07) is 1.51. The molecule has 0 radical (unpaired) electrons. The second-order valence-corrected chi connectivity index (χ2v) is 4.60. The number of nitrogens with zero attached hydrogens (tertiary/aromatic N) is 1. The van der Waals surface area contributed by atoms with E-state index < -0.39 is 0 Å². The van der Waals surface area contributed by atoms with Crippen molar-refractivity contribution >= 4 is 17.5 Å². The largest absolute Gasteiger partial charge is 0.396 e. The number of carbonyl (C=O) groups excluding carboxylic acids is 1. The van der Waals surface area contributed by atoms with Crippen molar-refractivity contribution in [2.45, 2.75) is 26.3 Å². The van der Waals surface area contributed by atoms with Gasteiger partial charge < -0.3 is 10.4 Å². The summed E-state index contributed by atoms with van der Waals surface area (Å²) < 4.78 is 0. The second kappa shape index (κ2) is 6.57. The average Bonchev–Trinajstić information content (AvgIpc) is 2.28. The maximum absolute atomic E-state index is 11.9. The van der Waals surface area contributed by atoms with Crippen LogP contribution in [0.25, 0.3) is 0 Å². The van der Waals surface area contributed by atoms with Gasteiger partial charge in [-0.3, -0.25) is 9.78 Å². The minimum absolute atomic E-state index is 0.0455. The van der Waals surface area contributed by atoms with Gasteiger partial charge in [-0.05, 0) is 18.4 Å². The Balaban J connectivity index is 2.74. The van der Waals surface area contributed by atoms with Crippen LogP contribution in [-0.2, 0) is 0 Å². The van der Waals surface area contributed by atoms with Crippen molar-refractivity contribution in [2.24, 2.45) is 5.92 Å². The van der Waals surface area contributed by atoms with E-state index in [-0.39, 0.29) is 24.5 Å². The molecule has 0 aromatic carbocycles. The number of aliphatic hydroxyl groups excluding tert-OH is 1. The first-order chi connectivity index (χ1) is 8.06. The van der Waals surface area contributed by atoms with Crippen LogP contribution < -0.4 is 5.32 Å². The summed E-state index contributed by atoms with van der Waals surface area (Å²) in [5, 5.41) is 12.2. The van der Waals surface area contributed by atoms with Crippen LogP contribution in [0, 0.1) is 5.92 Å². The maximum atomic E-state index is 11.9. The Kier molecular flexibility index (Phi) is 5.38. The number of amides is 1. The van der Waals surface area contributed by atoms with Crippen molar-refractivity contribution in [2.75, 3.05) is 6.61 Å². The number of nitrogens with one attached hydrogen (secondary N) is 1. The summed E-state index contributed by atoms with van der Waals surface area (Å²) >= 11 is 5.91. The van der Waals surface area contributed by atoms with Gasteiger partial charge in [0.2, 0.25) is 0 Å². The van der Waals surface area contributed by atoms with Crippen LogP contribution >= 0.6 is 11.6 Å². The second-order valence-electron chi connectivity index (χ2n) is 4.19. The van der Waals surface area contributed by atoms with Crippen LogP contribution in [0.15, 0.2) is 18.5 Å². The van der Waals surface area contributed by atoms with Crippen LogP contribution in [0.1, 0.15) is 30.6 Å². The summed E-state index contributed by atoms with van der Waals surface area (Å²) in [5.74, 6) is -0.00297. The maximum Gasteiger partial charge on any atom is 0.254 e. The van der Waals surface area contributed by atoms with Gasteiger partial charge >= 0.3 is 0 Å². The highest BCUT2D eigenvalue weighted by atomic mass is 35.5. The predicted molar refractivity (Wildman–Crippen MR) is 67.0 cm³/mol. The summed E-state index contributed by atoms with van der Waals surface area (Å²) in [4.78, 5) is 15.8. The normalized spacial score (nSPS) is 12.5. The fourth-order valence-corrected chi connectivity index (χ4v) is 1.69. The summed E-state index contributed by atoms with van der Waals surface area (Å²) in [7, 11) is 0. The van der Waals surface area contributed by atoms with Crippen LogP contribution in [0.4, 0.5) is 0 Å². The van der Waals surface area contributed by atoms with Gasteiger partial charge in [-0.15, -0.1) is 0 Å². The summed E-state index contributed by atoms with van der Waals surface area (Å²) in [6.45, 7) is 4.03. The van der Waals surface area contributed by atoms with E-state index in [1.165, 1.54) is 12.4 Å². The highest BCUT2D eigenvalue weighted by Crippen LogP contribution is 2.14. The van der Waals surface area contributed by atoms with E-state index in [2.05, 4.69) is 10.3 Å². The highest BCUT2D eigenvalue weighted by molar-refractivity contribution is 6.33. The van der Waals surface area contributed by atoms with E-state index in [0.717, 1.165) is 0 Å². The minimum atomic E-state index is -0.254. The fraction of sp³-hybridized carbons (Fsp3) is 0.500. The molecule has 0 saturated heterocycles. The van der Waals surface area contributed by atoms with Gasteiger partial charge in [-0.25, -0.2) is 0 Å². The summed E-state index contributed by atoms with van der Waals surface area (Å²) in [5.41, 5.74) is 0.359. The molecule has 17 heavy (non-hydrogen) atoms. The van der Waals surface area contributed by atoms with E-state index in [1.54, 1.807) is 6.07 Å². The molecule has 2 N–H and O–H groups in total. The number of pyridine rings is 1. The zero-order chi connectivity index (χ0) is 12.8. The lowest BCUT2D eigenvalue weighted by molar-refractivity contribution is 0.0916. The third-order valence-electron chi connectivity index (χ3n) is 2.57. The predicted octanol–water partition coefficient (Wildman–Crippen LogP) is 1.87. The Hall–Kier alpha value is -1.13. The van der Waals surface area contributed by atoms with Crippen molar-refractivity contribution in [1.29, 1.82) is 0 Å². The first-order valence-corrected chi connectivity index (χ1v) is 5.95. The van der Waals surface area contributed by atoms with Crippen molar-refractivity contribution in [1.82, 2.24) is 10.3 Å². The molecule has 0 fully saturated rings. The molecule has 0 spiro atoms. The lowest BCUT2D eigenvalue weighted by Gasteiger charge is -2.21. The van der Waals surface area contributed by atoms with E-state index in [0.29, 0.717) is 17.0 Å². The molecule has 1 rings (SSSR count). The number of carbonyl (C=O) groups is 1. The van der Waals surface area contributed by atoms with E-state index in [4.69, 9.17) is 16.7 Å². The molecule has 0 saturated carbocycles. The fourth-order valence-electron chi connectivity index (χ4n) is 1.50. The zero-order valence-electron chi connectivity index (χ0n) is 9.98. The topological polar surface area (TPSA) is 62.2 Å². The zero-order valence-corrected chi connectivity index (χ0v) is 10.7. The molecule has 1 amide bonds. The van der Waals surface area contributed by atoms with Gasteiger partial charge in [0.1, 0.15) is 0 Å². The van der Waals surface area contributed by atoms with Gasteiger partial charge in [0.15, 0.2) is 0 Å². The molecule has 0 aliphatic heterocycles. The highest BCUT2D eigenvalue weighted by Gasteiger charge is 2.18. The van der Waals surface area contributed by atoms with Gasteiger partial charge in [0.05, 0.1) is 10.6 Å². The van der Waals surface area contributed by atoms with E-state index >= 15 is 0 Å². The van der Waals surface area contributed by atoms with Crippen LogP contribution in [0.3, 0.4) is 0 Å². The Morgan fingerprint density at radius 3 is 2.82 bits per heavy atom. The first-order valence-electron chi connectivity index (χ1n) is 5.57. The molecule has 1 atom stereocenters. The molecule has 0 aliphatic rings. The minimum Gasteiger partial charge on any atom is -0.396 e. The monoisotopic (exact) mass is 256 g/mol. The number of rotatable bonds is 5. The van der Waals surface area contributed by atoms with Crippen LogP contribution in [-0.4, -0.2) is 28.6 Å². The molecular formula is C12H17ClN2O2. The first kappa shape index (κ1) is 13.9. The van der Waals surface area contributed by atoms with Crippen LogP contribution in [0.2, 0.25) is 5.02 Å². The standard InChI is InChI=1S/C12H17ClN2O2/c1-8(2)11(4-6-16)15-12(17)9-7-14-5-3-10(9)13/h3,5,7-8,11,16H,4,6H2,1-2H3,(H,15,17). The Morgan fingerprint density at radius 1 is 1.59 bits per heavy atom. The van der Waals surface area contributed by atoms with Crippen molar-refractivity contribution in [3.05, 3.63) is 29.0 Å². The molecule has 0 bridgehead atoms. The van der Waals surface area contributed by atoms with Crippen molar-refractivity contribution in [3.8, 4) is 0 Å². The number of aliphatic hydroxyl groups is 1. The van der Waals surface area contributed by atoms with Gasteiger partial charge in [0.25, 0.3) is 5.91 Å². The Bertz CT molecular complexity index is 383. The lowest BCUT2D eigenvalue weighted by Crippen LogP contribution is -2.39. The molecule has 1 aromatic heterocycles.